The average molecular weight is 147 g/mol. The van der Waals surface area contributed by atoms with Crippen LogP contribution in [0.1, 0.15) is 11.6 Å². The van der Waals surface area contributed by atoms with Gasteiger partial charge >= 0.3 is 0 Å². The maximum Gasteiger partial charge on any atom is 0.0830 e. The topological polar surface area (TPSA) is 37.3 Å². The van der Waals surface area contributed by atoms with Gasteiger partial charge in [0, 0.05) is 12.4 Å². The molecule has 3 heteroatoms. The fraction of sp³-hybridized carbons (Fsp3) is 0.250. The predicted molar refractivity (Wildman–Crippen MR) is 43.5 cm³/mol. The summed E-state index contributed by atoms with van der Waals surface area (Å²) in [6, 6.07) is 4.33. The molecule has 11 heavy (non-hydrogen) atoms. The molecule has 0 saturated heterocycles. The number of nitrogens with one attached hydrogen (secondary N) is 1. The highest BCUT2D eigenvalue weighted by molar-refractivity contribution is 5.58. The Bertz CT molecular complexity index is 247. The van der Waals surface area contributed by atoms with Crippen molar-refractivity contribution in [2.45, 2.75) is 6.04 Å². The van der Waals surface area contributed by atoms with Gasteiger partial charge in [0.05, 0.1) is 18.9 Å². The van der Waals surface area contributed by atoms with Crippen molar-refractivity contribution < 1.29 is 0 Å². The molecule has 0 saturated carbocycles. The first-order valence-electron chi connectivity index (χ1n) is 3.61. The van der Waals surface area contributed by atoms with Gasteiger partial charge in [-0.2, -0.15) is 0 Å². The van der Waals surface area contributed by atoms with E-state index in [4.69, 9.17) is 0 Å². The molecule has 1 aliphatic rings. The summed E-state index contributed by atoms with van der Waals surface area (Å²) in [6.07, 6.45) is 5.39. The number of rotatable bonds is 1. The SMILES string of the molecule is C1=NC[C@@H](c2cccnc2)N1. The van der Waals surface area contributed by atoms with Crippen LogP contribution in [-0.4, -0.2) is 17.9 Å². The van der Waals surface area contributed by atoms with E-state index < -0.39 is 0 Å². The largest absolute Gasteiger partial charge is 0.368 e. The molecule has 0 bridgehead atoms. The second-order valence-electron chi connectivity index (χ2n) is 2.50. The minimum atomic E-state index is 0.337. The number of aliphatic imine (C=N–C) groups is 1. The minimum Gasteiger partial charge on any atom is -0.368 e. The first-order valence-corrected chi connectivity index (χ1v) is 3.61. The molecule has 0 aromatic carbocycles. The number of pyridine rings is 1. The standard InChI is InChI=1S/C8H9N3/c1-2-7(4-9-3-1)8-5-10-6-11-8/h1-4,6,8H,5H2,(H,10,11)/t8-/m0/s1. The highest BCUT2D eigenvalue weighted by atomic mass is 15.1. The molecule has 0 unspecified atom stereocenters. The van der Waals surface area contributed by atoms with Gasteiger partial charge in [0.2, 0.25) is 0 Å². The Morgan fingerprint density at radius 2 is 2.55 bits per heavy atom. The number of nitrogens with zero attached hydrogens (tertiary/aromatic N) is 2. The van der Waals surface area contributed by atoms with Crippen molar-refractivity contribution in [2.75, 3.05) is 6.54 Å². The maximum absolute atomic E-state index is 4.08. The van der Waals surface area contributed by atoms with E-state index in [-0.39, 0.29) is 0 Å². The second kappa shape index (κ2) is 2.70. The van der Waals surface area contributed by atoms with Crippen molar-refractivity contribution in [3.05, 3.63) is 30.1 Å². The maximum atomic E-state index is 4.08. The zero-order valence-corrected chi connectivity index (χ0v) is 6.07. The quantitative estimate of drug-likeness (QED) is 0.636. The van der Waals surface area contributed by atoms with E-state index in [1.807, 2.05) is 12.3 Å². The van der Waals surface area contributed by atoms with Crippen molar-refractivity contribution in [3.63, 3.8) is 0 Å². The fourth-order valence-electron chi connectivity index (χ4n) is 1.14. The van der Waals surface area contributed by atoms with Gasteiger partial charge in [0.15, 0.2) is 0 Å². The van der Waals surface area contributed by atoms with Gasteiger partial charge in [-0.1, -0.05) is 6.07 Å². The Labute approximate surface area is 65.2 Å². The lowest BCUT2D eigenvalue weighted by Gasteiger charge is -2.07. The van der Waals surface area contributed by atoms with Gasteiger partial charge < -0.3 is 5.32 Å². The Balaban J connectivity index is 2.17. The van der Waals surface area contributed by atoms with Gasteiger partial charge in [-0.05, 0) is 11.6 Å². The monoisotopic (exact) mass is 147 g/mol. The van der Waals surface area contributed by atoms with Crippen LogP contribution in [0.4, 0.5) is 0 Å². The van der Waals surface area contributed by atoms with Crippen molar-refractivity contribution in [1.29, 1.82) is 0 Å². The molecular weight excluding hydrogens is 138 g/mol. The van der Waals surface area contributed by atoms with E-state index in [1.165, 1.54) is 5.56 Å². The van der Waals surface area contributed by atoms with Gasteiger partial charge in [0.1, 0.15) is 0 Å². The third-order valence-electron chi connectivity index (χ3n) is 1.74. The van der Waals surface area contributed by atoms with Crippen molar-refractivity contribution in [1.82, 2.24) is 10.3 Å². The predicted octanol–water partition coefficient (Wildman–Crippen LogP) is 0.754. The average Bonchev–Trinajstić information content (AvgIpc) is 2.58. The highest BCUT2D eigenvalue weighted by Crippen LogP contribution is 2.12. The zero-order valence-electron chi connectivity index (χ0n) is 6.07. The summed E-state index contributed by atoms with van der Waals surface area (Å²) < 4.78 is 0. The van der Waals surface area contributed by atoms with Crippen molar-refractivity contribution in [3.8, 4) is 0 Å². The summed E-state index contributed by atoms with van der Waals surface area (Å²) in [6.45, 7) is 0.825. The summed E-state index contributed by atoms with van der Waals surface area (Å²) in [7, 11) is 0. The van der Waals surface area contributed by atoms with Crippen LogP contribution >= 0.6 is 0 Å². The molecule has 0 amide bonds. The molecule has 0 fully saturated rings. The van der Waals surface area contributed by atoms with E-state index in [1.54, 1.807) is 12.5 Å². The van der Waals surface area contributed by atoms with E-state index in [9.17, 15) is 0 Å². The number of hydrogen-bond donors (Lipinski definition) is 1. The molecule has 1 aromatic rings. The van der Waals surface area contributed by atoms with Crippen LogP contribution in [0.25, 0.3) is 0 Å². The third-order valence-corrected chi connectivity index (χ3v) is 1.74. The van der Waals surface area contributed by atoms with E-state index in [0.29, 0.717) is 6.04 Å². The molecule has 1 atom stereocenters. The smallest absolute Gasteiger partial charge is 0.0830 e. The Kier molecular flexibility index (Phi) is 1.55. The molecule has 1 aliphatic heterocycles. The van der Waals surface area contributed by atoms with Crippen LogP contribution in [0, 0.1) is 0 Å². The van der Waals surface area contributed by atoms with Crippen LogP contribution < -0.4 is 5.32 Å². The third kappa shape index (κ3) is 1.22. The molecule has 2 rings (SSSR count). The van der Waals surface area contributed by atoms with Crippen molar-refractivity contribution in [2.24, 2.45) is 4.99 Å². The van der Waals surface area contributed by atoms with Crippen LogP contribution in [-0.2, 0) is 0 Å². The fourth-order valence-corrected chi connectivity index (χ4v) is 1.14. The highest BCUT2D eigenvalue weighted by Gasteiger charge is 2.11. The molecule has 0 radical (unpaired) electrons. The van der Waals surface area contributed by atoms with Gasteiger partial charge in [-0.15, -0.1) is 0 Å². The van der Waals surface area contributed by atoms with Crippen LogP contribution in [0.15, 0.2) is 29.5 Å². The summed E-state index contributed by atoms with van der Waals surface area (Å²) in [5.74, 6) is 0. The second-order valence-corrected chi connectivity index (χ2v) is 2.50. The Morgan fingerprint density at radius 3 is 3.18 bits per heavy atom. The normalized spacial score (nSPS) is 21.6. The zero-order chi connectivity index (χ0) is 7.52. The molecule has 3 nitrogen and oxygen atoms in total. The summed E-state index contributed by atoms with van der Waals surface area (Å²) >= 11 is 0. The van der Waals surface area contributed by atoms with Crippen LogP contribution in [0.2, 0.25) is 0 Å². The lowest BCUT2D eigenvalue weighted by Crippen LogP contribution is -2.15. The number of aromatic nitrogens is 1. The molecule has 2 heterocycles. The lowest BCUT2D eigenvalue weighted by molar-refractivity contribution is 0.709. The lowest BCUT2D eigenvalue weighted by atomic mass is 10.1. The first-order chi connectivity index (χ1) is 5.47. The molecule has 0 aliphatic carbocycles. The minimum absolute atomic E-state index is 0.337. The molecule has 1 aromatic heterocycles. The van der Waals surface area contributed by atoms with Gasteiger partial charge in [-0.25, -0.2) is 0 Å². The van der Waals surface area contributed by atoms with Crippen LogP contribution in [0.3, 0.4) is 0 Å². The van der Waals surface area contributed by atoms with E-state index >= 15 is 0 Å². The number of hydrogen-bond acceptors (Lipinski definition) is 3. The van der Waals surface area contributed by atoms with E-state index in [0.717, 1.165) is 6.54 Å². The first kappa shape index (κ1) is 6.34. The molecular formula is C8H9N3. The summed E-state index contributed by atoms with van der Waals surface area (Å²) in [5.41, 5.74) is 1.20. The summed E-state index contributed by atoms with van der Waals surface area (Å²) in [5, 5.41) is 3.14. The van der Waals surface area contributed by atoms with Crippen molar-refractivity contribution >= 4 is 6.34 Å². The Hall–Kier alpha value is -1.38. The van der Waals surface area contributed by atoms with Crippen LogP contribution in [0.5, 0.6) is 0 Å². The molecule has 0 spiro atoms. The summed E-state index contributed by atoms with van der Waals surface area (Å²) in [4.78, 5) is 8.11. The van der Waals surface area contributed by atoms with Gasteiger partial charge in [-0.3, -0.25) is 9.98 Å². The molecule has 1 N–H and O–H groups in total. The molecule has 56 valence electrons. The van der Waals surface area contributed by atoms with E-state index in [2.05, 4.69) is 21.4 Å². The Morgan fingerprint density at radius 1 is 1.55 bits per heavy atom. The van der Waals surface area contributed by atoms with Gasteiger partial charge in [0.25, 0.3) is 0 Å².